The van der Waals surface area contributed by atoms with Gasteiger partial charge in [0.2, 0.25) is 0 Å². The molecule has 122 valence electrons. The summed E-state index contributed by atoms with van der Waals surface area (Å²) in [7, 11) is 0. The first-order valence-corrected chi connectivity index (χ1v) is 7.96. The minimum atomic E-state index is -0.310. The zero-order valence-corrected chi connectivity index (χ0v) is 13.7. The molecule has 0 saturated heterocycles. The lowest BCUT2D eigenvalue weighted by Crippen LogP contribution is -2.45. The topological polar surface area (TPSA) is 37.3 Å². The van der Waals surface area contributed by atoms with Gasteiger partial charge in [0.15, 0.2) is 0 Å². The third-order valence-corrected chi connectivity index (χ3v) is 4.40. The van der Waals surface area contributed by atoms with Crippen molar-refractivity contribution in [2.75, 3.05) is 11.9 Å². The summed E-state index contributed by atoms with van der Waals surface area (Å²) in [5.41, 5.74) is 2.21. The van der Waals surface area contributed by atoms with E-state index in [-0.39, 0.29) is 17.9 Å². The van der Waals surface area contributed by atoms with Gasteiger partial charge in [-0.2, -0.15) is 0 Å². The van der Waals surface area contributed by atoms with E-state index in [1.54, 1.807) is 19.1 Å². The molecule has 1 aromatic heterocycles. The van der Waals surface area contributed by atoms with Crippen molar-refractivity contribution in [1.29, 1.82) is 0 Å². The number of urea groups is 1. The Balaban J connectivity index is 1.82. The molecule has 0 aliphatic carbocycles. The van der Waals surface area contributed by atoms with Crippen molar-refractivity contribution in [1.82, 2.24) is 9.47 Å². The third kappa shape index (κ3) is 2.96. The van der Waals surface area contributed by atoms with Gasteiger partial charge in [0, 0.05) is 30.7 Å². The number of fused-ring (bicyclic) bond motifs is 1. The van der Waals surface area contributed by atoms with Crippen LogP contribution in [0.1, 0.15) is 31.1 Å². The normalized spacial score (nSPS) is 17.3. The lowest BCUT2D eigenvalue weighted by atomic mass is 9.97. The Kier molecular flexibility index (Phi) is 4.11. The molecular weight excluding hydrogens is 293 g/mol. The highest BCUT2D eigenvalue weighted by atomic mass is 19.1. The van der Waals surface area contributed by atoms with Crippen LogP contribution in [-0.4, -0.2) is 22.0 Å². The van der Waals surface area contributed by atoms with Crippen LogP contribution in [0.25, 0.3) is 0 Å². The van der Waals surface area contributed by atoms with Crippen molar-refractivity contribution in [3.05, 3.63) is 53.6 Å². The summed E-state index contributed by atoms with van der Waals surface area (Å²) in [6, 6.07) is 8.69. The third-order valence-electron chi connectivity index (χ3n) is 4.40. The van der Waals surface area contributed by atoms with Gasteiger partial charge in [0.05, 0.1) is 6.04 Å². The molecule has 1 N–H and O–H groups in total. The second-order valence-electron chi connectivity index (χ2n) is 6.40. The number of carbonyl (C=O) groups is 1. The molecule has 0 bridgehead atoms. The molecule has 4 nitrogen and oxygen atoms in total. The van der Waals surface area contributed by atoms with Crippen LogP contribution in [0.5, 0.6) is 0 Å². The van der Waals surface area contributed by atoms with E-state index in [9.17, 15) is 9.18 Å². The molecule has 5 heteroatoms. The van der Waals surface area contributed by atoms with E-state index in [2.05, 4.69) is 36.0 Å². The number of aryl methyl sites for hydroxylation is 1. The number of anilines is 1. The Morgan fingerprint density at radius 2 is 2.09 bits per heavy atom. The number of hydrogen-bond acceptors (Lipinski definition) is 1. The standard InChI is InChI=1S/C18H22FN3O/c1-12(2)17-16-5-4-8-21(16)9-10-22(17)18(23)20-14-7-6-13(3)15(19)11-14/h4-8,11-12,17H,9-10H2,1-3H3,(H,20,23). The largest absolute Gasteiger partial charge is 0.348 e. The summed E-state index contributed by atoms with van der Waals surface area (Å²) >= 11 is 0. The Hall–Kier alpha value is -2.30. The Labute approximate surface area is 135 Å². The molecule has 2 aromatic rings. The Bertz CT molecular complexity index is 723. The predicted octanol–water partition coefficient (Wildman–Crippen LogP) is 4.18. The maximum atomic E-state index is 13.7. The highest BCUT2D eigenvalue weighted by Gasteiger charge is 2.32. The van der Waals surface area contributed by atoms with Gasteiger partial charge in [-0.25, -0.2) is 9.18 Å². The number of carbonyl (C=O) groups excluding carboxylic acids is 1. The summed E-state index contributed by atoms with van der Waals surface area (Å²) in [6.07, 6.45) is 2.05. The van der Waals surface area contributed by atoms with Crippen molar-refractivity contribution in [3.63, 3.8) is 0 Å². The van der Waals surface area contributed by atoms with E-state index in [1.807, 2.05) is 11.0 Å². The lowest BCUT2D eigenvalue weighted by Gasteiger charge is -2.39. The van der Waals surface area contributed by atoms with Crippen molar-refractivity contribution in [2.24, 2.45) is 5.92 Å². The highest BCUT2D eigenvalue weighted by Crippen LogP contribution is 2.32. The molecule has 2 heterocycles. The van der Waals surface area contributed by atoms with E-state index in [4.69, 9.17) is 0 Å². The maximum absolute atomic E-state index is 13.7. The molecule has 1 aromatic carbocycles. The number of halogens is 1. The fraction of sp³-hybridized carbons (Fsp3) is 0.389. The molecule has 0 fully saturated rings. The van der Waals surface area contributed by atoms with E-state index >= 15 is 0 Å². The fourth-order valence-corrected chi connectivity index (χ4v) is 3.21. The van der Waals surface area contributed by atoms with Crippen LogP contribution < -0.4 is 5.32 Å². The number of benzene rings is 1. The average molecular weight is 315 g/mol. The van der Waals surface area contributed by atoms with Gasteiger partial charge in [-0.3, -0.25) is 0 Å². The summed E-state index contributed by atoms with van der Waals surface area (Å²) in [5, 5.41) is 2.83. The van der Waals surface area contributed by atoms with E-state index in [0.717, 1.165) is 12.2 Å². The molecule has 3 rings (SSSR count). The van der Waals surface area contributed by atoms with E-state index < -0.39 is 0 Å². The molecule has 0 saturated carbocycles. The smallest absolute Gasteiger partial charge is 0.322 e. The number of rotatable bonds is 2. The second kappa shape index (κ2) is 6.07. The summed E-state index contributed by atoms with van der Waals surface area (Å²) in [4.78, 5) is 14.5. The van der Waals surface area contributed by atoms with Crippen molar-refractivity contribution in [2.45, 2.75) is 33.4 Å². The van der Waals surface area contributed by atoms with Crippen molar-refractivity contribution >= 4 is 11.7 Å². The minimum absolute atomic E-state index is 0.0223. The van der Waals surface area contributed by atoms with Crippen LogP contribution in [0.15, 0.2) is 36.5 Å². The van der Waals surface area contributed by atoms with E-state index in [0.29, 0.717) is 23.7 Å². The number of aromatic nitrogens is 1. The van der Waals surface area contributed by atoms with Crippen molar-refractivity contribution < 1.29 is 9.18 Å². The quantitative estimate of drug-likeness (QED) is 0.887. The molecule has 2 amide bonds. The summed E-state index contributed by atoms with van der Waals surface area (Å²) in [6.45, 7) is 7.35. The zero-order chi connectivity index (χ0) is 16.6. The highest BCUT2D eigenvalue weighted by molar-refractivity contribution is 5.89. The first kappa shape index (κ1) is 15.6. The molecule has 1 atom stereocenters. The molecule has 1 aliphatic heterocycles. The SMILES string of the molecule is Cc1ccc(NC(=O)N2CCn3cccc3C2C(C)C)cc1F. The van der Waals surface area contributed by atoms with Crippen LogP contribution in [0.2, 0.25) is 0 Å². The maximum Gasteiger partial charge on any atom is 0.322 e. The van der Waals surface area contributed by atoms with Gasteiger partial charge in [0.25, 0.3) is 0 Å². The Morgan fingerprint density at radius 1 is 1.30 bits per heavy atom. The van der Waals surface area contributed by atoms with Gasteiger partial charge < -0.3 is 14.8 Å². The monoisotopic (exact) mass is 315 g/mol. The molecule has 1 unspecified atom stereocenters. The summed E-state index contributed by atoms with van der Waals surface area (Å²) in [5.74, 6) is -0.0137. The van der Waals surface area contributed by atoms with Gasteiger partial charge >= 0.3 is 6.03 Å². The van der Waals surface area contributed by atoms with Crippen LogP contribution in [-0.2, 0) is 6.54 Å². The zero-order valence-electron chi connectivity index (χ0n) is 13.7. The average Bonchev–Trinajstić information content (AvgIpc) is 2.98. The van der Waals surface area contributed by atoms with Gasteiger partial charge in [-0.05, 0) is 42.7 Å². The van der Waals surface area contributed by atoms with Crippen LogP contribution in [0.4, 0.5) is 14.9 Å². The first-order chi connectivity index (χ1) is 11.0. The first-order valence-electron chi connectivity index (χ1n) is 7.96. The Morgan fingerprint density at radius 3 is 2.78 bits per heavy atom. The summed E-state index contributed by atoms with van der Waals surface area (Å²) < 4.78 is 15.9. The molecule has 23 heavy (non-hydrogen) atoms. The molecule has 0 radical (unpaired) electrons. The second-order valence-corrected chi connectivity index (χ2v) is 6.40. The van der Waals surface area contributed by atoms with Crippen LogP contribution in [0, 0.1) is 18.7 Å². The number of hydrogen-bond donors (Lipinski definition) is 1. The number of amides is 2. The number of nitrogens with one attached hydrogen (secondary N) is 1. The fourth-order valence-electron chi connectivity index (χ4n) is 3.21. The number of nitrogens with zero attached hydrogens (tertiary/aromatic N) is 2. The van der Waals surface area contributed by atoms with Crippen LogP contribution >= 0.6 is 0 Å². The lowest BCUT2D eigenvalue weighted by molar-refractivity contribution is 0.144. The predicted molar refractivity (Wildman–Crippen MR) is 88.9 cm³/mol. The van der Waals surface area contributed by atoms with Gasteiger partial charge in [-0.15, -0.1) is 0 Å². The van der Waals surface area contributed by atoms with Gasteiger partial charge in [0.1, 0.15) is 5.82 Å². The minimum Gasteiger partial charge on any atom is -0.348 e. The van der Waals surface area contributed by atoms with Crippen molar-refractivity contribution in [3.8, 4) is 0 Å². The molecule has 1 aliphatic rings. The van der Waals surface area contributed by atoms with Gasteiger partial charge in [-0.1, -0.05) is 19.9 Å². The molecular formula is C18H22FN3O. The van der Waals surface area contributed by atoms with Crippen LogP contribution in [0.3, 0.4) is 0 Å². The van der Waals surface area contributed by atoms with E-state index in [1.165, 1.54) is 6.07 Å². The molecule has 0 spiro atoms.